The smallest absolute Gasteiger partial charge is 0.270 e. The van der Waals surface area contributed by atoms with Crippen molar-refractivity contribution >= 4 is 38.6 Å². The minimum atomic E-state index is -0.0834. The monoisotopic (exact) mass is 497 g/mol. The van der Waals surface area contributed by atoms with Crippen LogP contribution in [0.3, 0.4) is 0 Å². The maximum Gasteiger partial charge on any atom is 0.270 e. The van der Waals surface area contributed by atoms with Crippen LogP contribution in [-0.4, -0.2) is 41.9 Å². The Kier molecular flexibility index (Phi) is 6.84. The van der Waals surface area contributed by atoms with Gasteiger partial charge in [0.2, 0.25) is 5.91 Å². The molecule has 0 saturated carbocycles. The van der Waals surface area contributed by atoms with Gasteiger partial charge in [-0.1, -0.05) is 35.0 Å². The van der Waals surface area contributed by atoms with Crippen LogP contribution in [0.1, 0.15) is 35.8 Å². The molecule has 1 aliphatic rings. The fourth-order valence-corrected chi connectivity index (χ4v) is 4.78. The fraction of sp³-hybridized carbons (Fsp3) is 0.360. The zero-order chi connectivity index (χ0) is 22.7. The summed E-state index contributed by atoms with van der Waals surface area (Å²) in [6.45, 7) is 3.82. The number of carbonyl (C=O) groups is 2. The number of fused-ring (bicyclic) bond motifs is 1. The molecule has 0 radical (unpaired) electrons. The summed E-state index contributed by atoms with van der Waals surface area (Å²) in [7, 11) is 1.63. The zero-order valence-corrected chi connectivity index (χ0v) is 19.9. The number of rotatable bonds is 6. The third kappa shape index (κ3) is 4.99. The summed E-state index contributed by atoms with van der Waals surface area (Å²) >= 11 is 3.46. The van der Waals surface area contributed by atoms with Gasteiger partial charge in [0.15, 0.2) is 0 Å². The van der Waals surface area contributed by atoms with Gasteiger partial charge in [0.1, 0.15) is 11.4 Å². The molecule has 32 heavy (non-hydrogen) atoms. The third-order valence-corrected chi connectivity index (χ3v) is 6.86. The SMILES string of the molecule is COc1ccc2cc(C(=O)N3CCC(C(C)C(=O)NCc4cccc(Br)c4)CC3)[nH]c2c1. The molecular weight excluding hydrogens is 470 g/mol. The number of ether oxygens (including phenoxy) is 1. The maximum atomic E-state index is 13.0. The van der Waals surface area contributed by atoms with Crippen LogP contribution in [0.5, 0.6) is 5.75 Å². The normalized spacial score (nSPS) is 15.5. The van der Waals surface area contributed by atoms with Gasteiger partial charge in [0, 0.05) is 47.0 Å². The Morgan fingerprint density at radius 1 is 1.19 bits per heavy atom. The van der Waals surface area contributed by atoms with Crippen LogP contribution < -0.4 is 10.1 Å². The molecule has 0 bridgehead atoms. The first-order valence-electron chi connectivity index (χ1n) is 10.9. The Balaban J connectivity index is 1.31. The third-order valence-electron chi connectivity index (χ3n) is 6.36. The van der Waals surface area contributed by atoms with E-state index in [9.17, 15) is 9.59 Å². The van der Waals surface area contributed by atoms with Gasteiger partial charge in [-0.05, 0) is 54.7 Å². The quantitative estimate of drug-likeness (QED) is 0.516. The summed E-state index contributed by atoms with van der Waals surface area (Å²) in [5, 5.41) is 4.04. The Hall–Kier alpha value is -2.80. The van der Waals surface area contributed by atoms with Crippen LogP contribution >= 0.6 is 15.9 Å². The number of piperidine rings is 1. The van der Waals surface area contributed by atoms with E-state index in [-0.39, 0.29) is 23.7 Å². The molecule has 0 spiro atoms. The van der Waals surface area contributed by atoms with E-state index in [0.29, 0.717) is 25.3 Å². The molecule has 1 unspecified atom stereocenters. The van der Waals surface area contributed by atoms with Crippen LogP contribution in [0, 0.1) is 11.8 Å². The molecule has 1 atom stereocenters. The minimum absolute atomic E-state index is 0.00498. The van der Waals surface area contributed by atoms with Gasteiger partial charge in [-0.3, -0.25) is 9.59 Å². The molecule has 0 aliphatic carbocycles. The molecular formula is C25H28BrN3O3. The summed E-state index contributed by atoms with van der Waals surface area (Å²) < 4.78 is 6.26. The molecule has 7 heteroatoms. The molecule has 6 nitrogen and oxygen atoms in total. The van der Waals surface area contributed by atoms with Crippen molar-refractivity contribution in [2.75, 3.05) is 20.2 Å². The molecule has 1 fully saturated rings. The largest absolute Gasteiger partial charge is 0.497 e. The second-order valence-corrected chi connectivity index (χ2v) is 9.32. The number of halogens is 1. The van der Waals surface area contributed by atoms with E-state index in [1.54, 1.807) is 7.11 Å². The van der Waals surface area contributed by atoms with Crippen LogP contribution in [-0.2, 0) is 11.3 Å². The van der Waals surface area contributed by atoms with Crippen LogP contribution in [0.2, 0.25) is 0 Å². The van der Waals surface area contributed by atoms with Crippen LogP contribution in [0.4, 0.5) is 0 Å². The topological polar surface area (TPSA) is 74.4 Å². The number of hydrogen-bond acceptors (Lipinski definition) is 3. The highest BCUT2D eigenvalue weighted by Crippen LogP contribution is 2.27. The number of carbonyl (C=O) groups excluding carboxylic acids is 2. The van der Waals surface area contributed by atoms with Crippen LogP contribution in [0.15, 0.2) is 53.0 Å². The van der Waals surface area contributed by atoms with Crippen molar-refractivity contribution in [1.82, 2.24) is 15.2 Å². The second-order valence-electron chi connectivity index (χ2n) is 8.40. The maximum absolute atomic E-state index is 13.0. The van der Waals surface area contributed by atoms with Crippen molar-refractivity contribution in [3.8, 4) is 5.75 Å². The average molecular weight is 498 g/mol. The van der Waals surface area contributed by atoms with Gasteiger partial charge in [-0.15, -0.1) is 0 Å². The summed E-state index contributed by atoms with van der Waals surface area (Å²) in [5.74, 6) is 1.02. The summed E-state index contributed by atoms with van der Waals surface area (Å²) in [6, 6.07) is 15.6. The lowest BCUT2D eigenvalue weighted by molar-refractivity contribution is -0.126. The van der Waals surface area contributed by atoms with Crippen molar-refractivity contribution in [2.24, 2.45) is 11.8 Å². The predicted molar refractivity (Wildman–Crippen MR) is 129 cm³/mol. The molecule has 1 aliphatic heterocycles. The summed E-state index contributed by atoms with van der Waals surface area (Å²) in [6.07, 6.45) is 1.65. The molecule has 4 rings (SSSR count). The number of aromatic nitrogens is 1. The fourth-order valence-electron chi connectivity index (χ4n) is 4.33. The highest BCUT2D eigenvalue weighted by molar-refractivity contribution is 9.10. The summed E-state index contributed by atoms with van der Waals surface area (Å²) in [5.41, 5.74) is 2.54. The molecule has 1 aromatic heterocycles. The number of H-pyrrole nitrogens is 1. The summed E-state index contributed by atoms with van der Waals surface area (Å²) in [4.78, 5) is 30.8. The van der Waals surface area contributed by atoms with E-state index >= 15 is 0 Å². The molecule has 168 valence electrons. The lowest BCUT2D eigenvalue weighted by atomic mass is 9.84. The Bertz CT molecular complexity index is 1120. The Labute approximate surface area is 196 Å². The van der Waals surface area contributed by atoms with Crippen molar-refractivity contribution in [3.63, 3.8) is 0 Å². The molecule has 3 aromatic rings. The number of methoxy groups -OCH3 is 1. The lowest BCUT2D eigenvalue weighted by Gasteiger charge is -2.34. The van der Waals surface area contributed by atoms with Gasteiger partial charge >= 0.3 is 0 Å². The van der Waals surface area contributed by atoms with Gasteiger partial charge in [0.05, 0.1) is 7.11 Å². The predicted octanol–water partition coefficient (Wildman–Crippen LogP) is 4.74. The van der Waals surface area contributed by atoms with Crippen molar-refractivity contribution in [2.45, 2.75) is 26.3 Å². The standard InChI is InChI=1S/C25H28BrN3O3/c1-16(24(30)27-15-17-4-3-5-20(26)12-17)18-8-10-29(11-9-18)25(31)23-13-19-6-7-21(32-2)14-22(19)28-23/h3-7,12-14,16,18,28H,8-11,15H2,1-2H3,(H,27,30). The Morgan fingerprint density at radius 2 is 1.97 bits per heavy atom. The first kappa shape index (κ1) is 22.4. The molecule has 2 aromatic carbocycles. The van der Waals surface area contributed by atoms with E-state index in [2.05, 4.69) is 26.2 Å². The van der Waals surface area contributed by atoms with E-state index in [0.717, 1.165) is 39.5 Å². The van der Waals surface area contributed by atoms with Gasteiger partial charge in [-0.2, -0.15) is 0 Å². The highest BCUT2D eigenvalue weighted by atomic mass is 79.9. The molecule has 2 N–H and O–H groups in total. The molecule has 1 saturated heterocycles. The number of hydrogen-bond donors (Lipinski definition) is 2. The van der Waals surface area contributed by atoms with Crippen molar-refractivity contribution in [3.05, 3.63) is 64.3 Å². The number of amides is 2. The van der Waals surface area contributed by atoms with E-state index in [1.165, 1.54) is 0 Å². The van der Waals surface area contributed by atoms with Crippen molar-refractivity contribution < 1.29 is 14.3 Å². The number of benzene rings is 2. The Morgan fingerprint density at radius 3 is 2.69 bits per heavy atom. The second kappa shape index (κ2) is 9.77. The minimum Gasteiger partial charge on any atom is -0.497 e. The average Bonchev–Trinajstić information content (AvgIpc) is 3.25. The van der Waals surface area contributed by atoms with E-state index in [1.807, 2.05) is 60.4 Å². The van der Waals surface area contributed by atoms with Crippen molar-refractivity contribution in [1.29, 1.82) is 0 Å². The van der Waals surface area contributed by atoms with Crippen LogP contribution in [0.25, 0.3) is 10.9 Å². The first-order valence-corrected chi connectivity index (χ1v) is 11.7. The zero-order valence-electron chi connectivity index (χ0n) is 18.4. The molecule has 2 amide bonds. The van der Waals surface area contributed by atoms with Gasteiger partial charge < -0.3 is 19.9 Å². The number of nitrogens with zero attached hydrogens (tertiary/aromatic N) is 1. The highest BCUT2D eigenvalue weighted by Gasteiger charge is 2.30. The van der Waals surface area contributed by atoms with Gasteiger partial charge in [-0.25, -0.2) is 0 Å². The number of aromatic amines is 1. The lowest BCUT2D eigenvalue weighted by Crippen LogP contribution is -2.42. The van der Waals surface area contributed by atoms with Gasteiger partial charge in [0.25, 0.3) is 5.91 Å². The first-order chi connectivity index (χ1) is 15.4. The van der Waals surface area contributed by atoms with E-state index in [4.69, 9.17) is 4.74 Å². The molecule has 2 heterocycles. The number of nitrogens with one attached hydrogen (secondary N) is 2. The van der Waals surface area contributed by atoms with E-state index < -0.39 is 0 Å². The number of likely N-dealkylation sites (tertiary alicyclic amines) is 1.